The third kappa shape index (κ3) is 3.95. The van der Waals surface area contributed by atoms with Gasteiger partial charge < -0.3 is 28.5 Å². The Morgan fingerprint density at radius 1 is 1.30 bits per heavy atom. The van der Waals surface area contributed by atoms with Gasteiger partial charge in [0.25, 0.3) is 0 Å². The molecule has 3 aromatic rings. The minimum Gasteiger partial charge on any atom is -0.484 e. The number of aromatic nitrogens is 3. The van der Waals surface area contributed by atoms with Crippen molar-refractivity contribution in [1.82, 2.24) is 14.5 Å². The highest BCUT2D eigenvalue weighted by atomic mass is 16.7. The summed E-state index contributed by atoms with van der Waals surface area (Å²) in [5.41, 5.74) is 0.210. The van der Waals surface area contributed by atoms with Gasteiger partial charge in [-0.1, -0.05) is 0 Å². The van der Waals surface area contributed by atoms with Crippen LogP contribution in [0.25, 0.3) is 0 Å². The van der Waals surface area contributed by atoms with Gasteiger partial charge in [0.05, 0.1) is 6.33 Å². The number of hydrogen-bond donors (Lipinski definition) is 1. The van der Waals surface area contributed by atoms with E-state index in [2.05, 4.69) is 15.3 Å². The summed E-state index contributed by atoms with van der Waals surface area (Å²) in [6.07, 6.45) is 6.26. The number of imidazole rings is 1. The van der Waals surface area contributed by atoms with E-state index in [0.717, 1.165) is 13.0 Å². The number of rotatable bonds is 8. The maximum atomic E-state index is 9.23. The molecule has 3 heterocycles. The Balaban J connectivity index is 1.31. The Morgan fingerprint density at radius 3 is 3.07 bits per heavy atom. The molecule has 0 amide bonds. The van der Waals surface area contributed by atoms with Crippen LogP contribution in [0.5, 0.6) is 17.2 Å². The molecule has 138 valence electrons. The Bertz CT molecular complexity index is 945. The molecule has 0 fully saturated rings. The molecule has 4 rings (SSSR count). The zero-order chi connectivity index (χ0) is 18.5. The topological polar surface area (TPSA) is 107 Å². The van der Waals surface area contributed by atoms with E-state index in [1.54, 1.807) is 30.7 Å². The number of benzene rings is 1. The molecule has 0 bridgehead atoms. The smallest absolute Gasteiger partial charge is 0.236 e. The van der Waals surface area contributed by atoms with E-state index >= 15 is 0 Å². The number of fused-ring (bicyclic) bond motifs is 1. The average molecular weight is 367 g/mol. The minimum atomic E-state index is 0.102. The highest BCUT2D eigenvalue weighted by Gasteiger charge is 2.16. The van der Waals surface area contributed by atoms with Crippen molar-refractivity contribution in [2.75, 3.05) is 18.7 Å². The van der Waals surface area contributed by atoms with Gasteiger partial charge in [-0.05, 0) is 18.6 Å². The Kier molecular flexibility index (Phi) is 4.78. The molecule has 0 saturated heterocycles. The summed E-state index contributed by atoms with van der Waals surface area (Å²) < 4.78 is 23.8. The summed E-state index contributed by atoms with van der Waals surface area (Å²) in [6, 6.07) is 7.32. The molecular formula is C18H17N5O4. The van der Waals surface area contributed by atoms with Crippen molar-refractivity contribution >= 4 is 5.88 Å². The monoisotopic (exact) mass is 367 g/mol. The van der Waals surface area contributed by atoms with Crippen LogP contribution in [0.4, 0.5) is 5.88 Å². The average Bonchev–Trinajstić information content (AvgIpc) is 3.43. The molecular weight excluding hydrogens is 350 g/mol. The van der Waals surface area contributed by atoms with Gasteiger partial charge in [-0.2, -0.15) is 10.2 Å². The van der Waals surface area contributed by atoms with Crippen molar-refractivity contribution in [2.45, 2.75) is 19.6 Å². The summed E-state index contributed by atoms with van der Waals surface area (Å²) in [6.45, 7) is 1.78. The van der Waals surface area contributed by atoms with E-state index in [9.17, 15) is 5.26 Å². The third-order valence-electron chi connectivity index (χ3n) is 3.92. The molecule has 9 nitrogen and oxygen atoms in total. The number of oxazole rings is 1. The molecule has 0 aliphatic carbocycles. The number of anilines is 1. The van der Waals surface area contributed by atoms with Crippen molar-refractivity contribution in [2.24, 2.45) is 0 Å². The standard InChI is InChI=1S/C18H17N5O4/c19-9-14-18(21-4-1-6-23-7-5-20-11-23)27-17(22-14)10-24-13-2-3-15-16(8-13)26-12-25-15/h2-3,5,7-8,11,21H,1,4,6,10,12H2. The van der Waals surface area contributed by atoms with E-state index in [1.165, 1.54) is 0 Å². The quantitative estimate of drug-likeness (QED) is 0.605. The van der Waals surface area contributed by atoms with Crippen LogP contribution in [-0.2, 0) is 13.2 Å². The summed E-state index contributed by atoms with van der Waals surface area (Å²) >= 11 is 0. The lowest BCUT2D eigenvalue weighted by Crippen LogP contribution is -2.06. The van der Waals surface area contributed by atoms with Crippen molar-refractivity contribution in [3.05, 3.63) is 48.5 Å². The van der Waals surface area contributed by atoms with Crippen LogP contribution in [0.2, 0.25) is 0 Å². The van der Waals surface area contributed by atoms with Crippen LogP contribution in [0.3, 0.4) is 0 Å². The van der Waals surface area contributed by atoms with Gasteiger partial charge in [0.2, 0.25) is 24.3 Å². The normalized spacial score (nSPS) is 12.0. The number of nitrogens with zero attached hydrogens (tertiary/aromatic N) is 4. The summed E-state index contributed by atoms with van der Waals surface area (Å²) in [5, 5.41) is 12.3. The zero-order valence-corrected chi connectivity index (χ0v) is 14.4. The second-order valence-corrected chi connectivity index (χ2v) is 5.78. The van der Waals surface area contributed by atoms with Crippen LogP contribution >= 0.6 is 0 Å². The van der Waals surface area contributed by atoms with Crippen molar-refractivity contribution in [3.8, 4) is 23.3 Å². The van der Waals surface area contributed by atoms with E-state index in [-0.39, 0.29) is 19.1 Å². The molecule has 1 aliphatic rings. The fourth-order valence-electron chi connectivity index (χ4n) is 2.62. The first-order chi connectivity index (χ1) is 13.3. The molecule has 9 heteroatoms. The van der Waals surface area contributed by atoms with Gasteiger partial charge >= 0.3 is 0 Å². The summed E-state index contributed by atoms with van der Waals surface area (Å²) in [5.74, 6) is 2.60. The lowest BCUT2D eigenvalue weighted by molar-refractivity contribution is 0.173. The van der Waals surface area contributed by atoms with E-state index in [4.69, 9.17) is 18.6 Å². The largest absolute Gasteiger partial charge is 0.484 e. The highest BCUT2D eigenvalue weighted by Crippen LogP contribution is 2.35. The molecule has 0 unspecified atom stereocenters. The maximum Gasteiger partial charge on any atom is 0.236 e. The second-order valence-electron chi connectivity index (χ2n) is 5.78. The zero-order valence-electron chi connectivity index (χ0n) is 14.4. The molecule has 1 aliphatic heterocycles. The van der Waals surface area contributed by atoms with Crippen LogP contribution < -0.4 is 19.5 Å². The van der Waals surface area contributed by atoms with Crippen LogP contribution in [0.1, 0.15) is 18.0 Å². The van der Waals surface area contributed by atoms with Gasteiger partial charge in [-0.3, -0.25) is 0 Å². The number of hydrogen-bond acceptors (Lipinski definition) is 8. The minimum absolute atomic E-state index is 0.102. The molecule has 0 saturated carbocycles. The van der Waals surface area contributed by atoms with Gasteiger partial charge in [0.15, 0.2) is 18.1 Å². The number of ether oxygens (including phenoxy) is 3. The number of aryl methyl sites for hydroxylation is 1. The van der Waals surface area contributed by atoms with Crippen molar-refractivity contribution in [1.29, 1.82) is 5.26 Å². The Labute approximate surface area is 155 Å². The Hall–Kier alpha value is -3.67. The second kappa shape index (κ2) is 7.70. The first-order valence-electron chi connectivity index (χ1n) is 8.43. The van der Waals surface area contributed by atoms with Gasteiger partial charge in [-0.25, -0.2) is 4.98 Å². The molecule has 0 spiro atoms. The summed E-state index contributed by atoms with van der Waals surface area (Å²) in [4.78, 5) is 8.16. The van der Waals surface area contributed by atoms with Crippen LogP contribution in [0, 0.1) is 11.3 Å². The van der Waals surface area contributed by atoms with Gasteiger partial charge in [-0.15, -0.1) is 0 Å². The lowest BCUT2D eigenvalue weighted by Gasteiger charge is -2.05. The third-order valence-corrected chi connectivity index (χ3v) is 3.92. The maximum absolute atomic E-state index is 9.23. The number of nitrogens with one attached hydrogen (secondary N) is 1. The van der Waals surface area contributed by atoms with Crippen LogP contribution in [0.15, 0.2) is 41.3 Å². The molecule has 1 N–H and O–H groups in total. The highest BCUT2D eigenvalue weighted by molar-refractivity contribution is 5.47. The van der Waals surface area contributed by atoms with E-state index in [0.29, 0.717) is 35.6 Å². The molecule has 27 heavy (non-hydrogen) atoms. The molecule has 2 aromatic heterocycles. The lowest BCUT2D eigenvalue weighted by atomic mass is 10.3. The van der Waals surface area contributed by atoms with Crippen molar-refractivity contribution in [3.63, 3.8) is 0 Å². The SMILES string of the molecule is N#Cc1nc(COc2ccc3c(c2)OCO3)oc1NCCCn1ccnc1. The first kappa shape index (κ1) is 16.8. The number of nitriles is 1. The van der Waals surface area contributed by atoms with Crippen molar-refractivity contribution < 1.29 is 18.6 Å². The fraction of sp³-hybridized carbons (Fsp3) is 0.278. The van der Waals surface area contributed by atoms with Gasteiger partial charge in [0.1, 0.15) is 11.8 Å². The Morgan fingerprint density at radius 2 is 2.22 bits per heavy atom. The molecule has 0 atom stereocenters. The van der Waals surface area contributed by atoms with Gasteiger partial charge in [0, 0.05) is 31.5 Å². The molecule has 1 aromatic carbocycles. The van der Waals surface area contributed by atoms with E-state index < -0.39 is 0 Å². The predicted octanol–water partition coefficient (Wildman–Crippen LogP) is 2.55. The fourth-order valence-corrected chi connectivity index (χ4v) is 2.62. The van der Waals surface area contributed by atoms with Crippen LogP contribution in [-0.4, -0.2) is 27.9 Å². The first-order valence-corrected chi connectivity index (χ1v) is 8.43. The summed E-state index contributed by atoms with van der Waals surface area (Å²) in [7, 11) is 0. The van der Waals surface area contributed by atoms with E-state index in [1.807, 2.05) is 16.8 Å². The molecule has 0 radical (unpaired) electrons. The predicted molar refractivity (Wildman–Crippen MR) is 93.4 cm³/mol.